The molecule has 2 atom stereocenters. The van der Waals surface area contributed by atoms with Gasteiger partial charge in [0, 0.05) is 18.0 Å². The van der Waals surface area contributed by atoms with Gasteiger partial charge in [-0.2, -0.15) is 5.10 Å². The second-order valence-electron chi connectivity index (χ2n) is 6.25. The molecule has 2 amide bonds. The summed E-state index contributed by atoms with van der Waals surface area (Å²) < 4.78 is 10.2. The number of hydrogen-bond donors (Lipinski definition) is 3. The molecule has 0 bridgehead atoms. The van der Waals surface area contributed by atoms with Gasteiger partial charge in [-0.25, -0.2) is 5.43 Å². The summed E-state index contributed by atoms with van der Waals surface area (Å²) in [5.41, 5.74) is 3.88. The second kappa shape index (κ2) is 8.43. The molecule has 3 N–H and O–H groups in total. The molecule has 0 spiro atoms. The lowest BCUT2D eigenvalue weighted by Crippen LogP contribution is -2.34. The number of benzene rings is 2. The van der Waals surface area contributed by atoms with Crippen molar-refractivity contribution in [3.63, 3.8) is 0 Å². The topological polar surface area (TPSA) is 109 Å². The summed E-state index contributed by atoms with van der Waals surface area (Å²) in [6.07, 6.45) is 1.38. The molecule has 8 nitrogen and oxygen atoms in total. The molecule has 1 saturated heterocycles. The van der Waals surface area contributed by atoms with Crippen LogP contribution in [0.3, 0.4) is 0 Å². The Morgan fingerprint density at radius 1 is 1.21 bits per heavy atom. The van der Waals surface area contributed by atoms with Gasteiger partial charge >= 0.3 is 0 Å². The van der Waals surface area contributed by atoms with E-state index in [0.717, 1.165) is 5.56 Å². The molecular formula is C20H21N3O5. The highest BCUT2D eigenvalue weighted by molar-refractivity contribution is 6.03. The molecule has 1 aliphatic rings. The molecule has 0 saturated carbocycles. The Labute approximate surface area is 162 Å². The van der Waals surface area contributed by atoms with Crippen LogP contribution in [0.15, 0.2) is 47.6 Å². The predicted octanol–water partition coefficient (Wildman–Crippen LogP) is 1.39. The molecule has 1 heterocycles. The maximum absolute atomic E-state index is 12.6. The third-order valence-corrected chi connectivity index (χ3v) is 4.58. The third-order valence-electron chi connectivity index (χ3n) is 4.58. The van der Waals surface area contributed by atoms with Crippen LogP contribution < -0.4 is 20.2 Å². The molecule has 2 aromatic carbocycles. The fraction of sp³-hybridized carbons (Fsp3) is 0.250. The SMILES string of the molecule is COc1cc(/C=N/NC(=O)[C@@H]2C(=O)NC[C@H]2c2ccccc2)cc(OC)c1O. The Hall–Kier alpha value is -3.55. The first-order valence-electron chi connectivity index (χ1n) is 8.65. The predicted molar refractivity (Wildman–Crippen MR) is 103 cm³/mol. The van der Waals surface area contributed by atoms with Crippen LogP contribution in [0.1, 0.15) is 17.0 Å². The van der Waals surface area contributed by atoms with Crippen molar-refractivity contribution >= 4 is 18.0 Å². The molecule has 28 heavy (non-hydrogen) atoms. The normalized spacial score (nSPS) is 18.7. The smallest absolute Gasteiger partial charge is 0.253 e. The van der Waals surface area contributed by atoms with Gasteiger partial charge in [-0.05, 0) is 17.7 Å². The monoisotopic (exact) mass is 383 g/mol. The van der Waals surface area contributed by atoms with Crippen molar-refractivity contribution in [2.24, 2.45) is 11.0 Å². The van der Waals surface area contributed by atoms with Gasteiger partial charge in [-0.15, -0.1) is 0 Å². The Morgan fingerprint density at radius 3 is 2.46 bits per heavy atom. The molecule has 2 aromatic rings. The van der Waals surface area contributed by atoms with E-state index in [1.54, 1.807) is 12.1 Å². The van der Waals surface area contributed by atoms with E-state index in [9.17, 15) is 14.7 Å². The van der Waals surface area contributed by atoms with Crippen molar-refractivity contribution in [3.8, 4) is 17.2 Å². The second-order valence-corrected chi connectivity index (χ2v) is 6.25. The molecule has 3 rings (SSSR count). The highest BCUT2D eigenvalue weighted by Crippen LogP contribution is 2.36. The zero-order chi connectivity index (χ0) is 20.1. The number of phenolic OH excluding ortho intramolecular Hbond substituents is 1. The van der Waals surface area contributed by atoms with Crippen molar-refractivity contribution in [3.05, 3.63) is 53.6 Å². The summed E-state index contributed by atoms with van der Waals surface area (Å²) in [7, 11) is 2.83. The van der Waals surface area contributed by atoms with Gasteiger partial charge in [0.15, 0.2) is 11.5 Å². The molecule has 0 unspecified atom stereocenters. The van der Waals surface area contributed by atoms with Gasteiger partial charge < -0.3 is 19.9 Å². The first-order chi connectivity index (χ1) is 13.5. The summed E-state index contributed by atoms with van der Waals surface area (Å²) in [6, 6.07) is 12.5. The van der Waals surface area contributed by atoms with Gasteiger partial charge in [-0.1, -0.05) is 30.3 Å². The zero-order valence-corrected chi connectivity index (χ0v) is 15.5. The minimum Gasteiger partial charge on any atom is -0.502 e. The van der Waals surface area contributed by atoms with Crippen LogP contribution in [-0.2, 0) is 9.59 Å². The molecule has 0 aromatic heterocycles. The lowest BCUT2D eigenvalue weighted by molar-refractivity contribution is -0.133. The fourth-order valence-corrected chi connectivity index (χ4v) is 3.16. The van der Waals surface area contributed by atoms with Crippen molar-refractivity contribution < 1.29 is 24.2 Å². The van der Waals surface area contributed by atoms with E-state index in [1.807, 2.05) is 30.3 Å². The lowest BCUT2D eigenvalue weighted by Gasteiger charge is -2.15. The number of rotatable bonds is 6. The van der Waals surface area contributed by atoms with E-state index in [0.29, 0.717) is 12.1 Å². The minimum atomic E-state index is -0.858. The quantitative estimate of drug-likeness (QED) is 0.397. The Kier molecular flexibility index (Phi) is 5.78. The van der Waals surface area contributed by atoms with Crippen LogP contribution in [0.5, 0.6) is 17.2 Å². The van der Waals surface area contributed by atoms with Gasteiger partial charge in [0.2, 0.25) is 11.7 Å². The molecule has 1 aliphatic heterocycles. The minimum absolute atomic E-state index is 0.125. The number of hydrazone groups is 1. The number of amides is 2. The molecule has 146 valence electrons. The first kappa shape index (κ1) is 19.2. The van der Waals surface area contributed by atoms with E-state index in [-0.39, 0.29) is 29.1 Å². The number of phenols is 1. The highest BCUT2D eigenvalue weighted by atomic mass is 16.5. The van der Waals surface area contributed by atoms with Crippen LogP contribution in [0, 0.1) is 5.92 Å². The number of methoxy groups -OCH3 is 2. The van der Waals surface area contributed by atoms with Crippen LogP contribution >= 0.6 is 0 Å². The summed E-state index contributed by atoms with van der Waals surface area (Å²) in [5.74, 6) is -1.62. The number of hydrogen-bond acceptors (Lipinski definition) is 6. The van der Waals surface area contributed by atoms with E-state index in [4.69, 9.17) is 9.47 Å². The van der Waals surface area contributed by atoms with Crippen LogP contribution in [0.25, 0.3) is 0 Å². The van der Waals surface area contributed by atoms with E-state index >= 15 is 0 Å². The Morgan fingerprint density at radius 2 is 1.86 bits per heavy atom. The Balaban J connectivity index is 1.73. The average Bonchev–Trinajstić information content (AvgIpc) is 3.11. The average molecular weight is 383 g/mol. The standard InChI is InChI=1S/C20H21N3O5/c1-27-15-8-12(9-16(28-2)18(15)24)10-22-23-20(26)17-14(11-21-19(17)25)13-6-4-3-5-7-13/h3-10,14,17,24H,11H2,1-2H3,(H,21,25)(H,23,26)/b22-10+/t14-,17-/m0/s1. The van der Waals surface area contributed by atoms with E-state index in [1.165, 1.54) is 20.4 Å². The summed E-state index contributed by atoms with van der Waals surface area (Å²) in [5, 5.41) is 16.6. The van der Waals surface area contributed by atoms with Crippen LogP contribution in [0.4, 0.5) is 0 Å². The first-order valence-corrected chi connectivity index (χ1v) is 8.65. The van der Waals surface area contributed by atoms with E-state index < -0.39 is 11.8 Å². The molecular weight excluding hydrogens is 362 g/mol. The number of nitrogens with one attached hydrogen (secondary N) is 2. The van der Waals surface area contributed by atoms with Gasteiger partial charge in [0.05, 0.1) is 20.4 Å². The maximum Gasteiger partial charge on any atom is 0.253 e. The maximum atomic E-state index is 12.6. The van der Waals surface area contributed by atoms with E-state index in [2.05, 4.69) is 15.8 Å². The number of aromatic hydroxyl groups is 1. The molecule has 0 aliphatic carbocycles. The molecule has 0 radical (unpaired) electrons. The molecule has 1 fully saturated rings. The zero-order valence-electron chi connectivity index (χ0n) is 15.5. The van der Waals surface area contributed by atoms with Crippen LogP contribution in [-0.4, -0.2) is 43.9 Å². The molecule has 8 heteroatoms. The highest BCUT2D eigenvalue weighted by Gasteiger charge is 2.40. The summed E-state index contributed by atoms with van der Waals surface area (Å²) in [4.78, 5) is 24.7. The van der Waals surface area contributed by atoms with Crippen LogP contribution in [0.2, 0.25) is 0 Å². The van der Waals surface area contributed by atoms with Crippen molar-refractivity contribution in [1.29, 1.82) is 0 Å². The fourth-order valence-electron chi connectivity index (χ4n) is 3.16. The number of ether oxygens (including phenoxy) is 2. The van der Waals surface area contributed by atoms with Crippen molar-refractivity contribution in [1.82, 2.24) is 10.7 Å². The van der Waals surface area contributed by atoms with Gasteiger partial charge in [-0.3, -0.25) is 9.59 Å². The van der Waals surface area contributed by atoms with Crippen molar-refractivity contribution in [2.45, 2.75) is 5.92 Å². The summed E-state index contributed by atoms with van der Waals surface area (Å²) in [6.45, 7) is 0.400. The number of carbonyl (C=O) groups is 2. The largest absolute Gasteiger partial charge is 0.502 e. The van der Waals surface area contributed by atoms with Crippen molar-refractivity contribution in [2.75, 3.05) is 20.8 Å². The Bertz CT molecular complexity index is 873. The summed E-state index contributed by atoms with van der Waals surface area (Å²) >= 11 is 0. The van der Waals surface area contributed by atoms with Gasteiger partial charge in [0.25, 0.3) is 5.91 Å². The third kappa shape index (κ3) is 3.90. The van der Waals surface area contributed by atoms with Gasteiger partial charge in [0.1, 0.15) is 5.92 Å². The lowest BCUT2D eigenvalue weighted by atomic mass is 9.88. The number of carbonyl (C=O) groups excluding carboxylic acids is 2. The number of nitrogens with zero attached hydrogens (tertiary/aromatic N) is 1.